The van der Waals surface area contributed by atoms with Gasteiger partial charge in [0.05, 0.1) is 33.3 Å². The van der Waals surface area contributed by atoms with Gasteiger partial charge in [0.1, 0.15) is 5.00 Å². The molecular weight excluding hydrogens is 528 g/mol. The van der Waals surface area contributed by atoms with Gasteiger partial charge in [0.2, 0.25) is 0 Å². The number of halogens is 5. The Bertz CT molecular complexity index is 1310. The van der Waals surface area contributed by atoms with E-state index in [1.807, 2.05) is 0 Å². The SMILES string of the molecule is CCOC(=O)c1c(NC(=O)c2cccc(Cl)c2)sc(C(=O)Nc2cc(C(F)(F)F)ccc2Cl)c1C. The van der Waals surface area contributed by atoms with Gasteiger partial charge in [-0.2, -0.15) is 13.2 Å². The molecule has 0 spiro atoms. The Labute approximate surface area is 212 Å². The number of hydrogen-bond donors (Lipinski definition) is 2. The third-order valence-electron chi connectivity index (χ3n) is 4.69. The van der Waals surface area contributed by atoms with E-state index in [1.54, 1.807) is 19.1 Å². The van der Waals surface area contributed by atoms with Crippen LogP contribution in [0.4, 0.5) is 23.9 Å². The van der Waals surface area contributed by atoms with Crippen LogP contribution in [0, 0.1) is 6.92 Å². The predicted octanol–water partition coefficient (Wildman–Crippen LogP) is 7.06. The van der Waals surface area contributed by atoms with E-state index < -0.39 is 29.5 Å². The molecule has 0 radical (unpaired) electrons. The van der Waals surface area contributed by atoms with Crippen LogP contribution in [0.3, 0.4) is 0 Å². The maximum absolute atomic E-state index is 13.1. The zero-order chi connectivity index (χ0) is 25.9. The van der Waals surface area contributed by atoms with Gasteiger partial charge in [-0.25, -0.2) is 4.79 Å². The van der Waals surface area contributed by atoms with Crippen LogP contribution in [0.25, 0.3) is 0 Å². The molecule has 0 saturated heterocycles. The van der Waals surface area contributed by atoms with Gasteiger partial charge in [-0.3, -0.25) is 9.59 Å². The second-order valence-corrected chi connectivity index (χ2v) is 8.96. The summed E-state index contributed by atoms with van der Waals surface area (Å²) in [5, 5.41) is 5.17. The third-order valence-corrected chi connectivity index (χ3v) is 6.46. The third kappa shape index (κ3) is 6.14. The molecule has 2 N–H and O–H groups in total. The zero-order valence-corrected chi connectivity index (χ0v) is 20.5. The van der Waals surface area contributed by atoms with E-state index in [9.17, 15) is 27.6 Å². The molecule has 2 aromatic carbocycles. The fraction of sp³-hybridized carbons (Fsp3) is 0.174. The Morgan fingerprint density at radius 2 is 1.74 bits per heavy atom. The van der Waals surface area contributed by atoms with Gasteiger partial charge in [-0.05, 0) is 55.8 Å². The number of alkyl halides is 3. The maximum atomic E-state index is 13.1. The van der Waals surface area contributed by atoms with Gasteiger partial charge in [-0.1, -0.05) is 29.3 Å². The van der Waals surface area contributed by atoms with Gasteiger partial charge in [0.25, 0.3) is 11.8 Å². The number of ether oxygens (including phenoxy) is 1. The number of hydrogen-bond acceptors (Lipinski definition) is 5. The van der Waals surface area contributed by atoms with Crippen molar-refractivity contribution >= 4 is 63.0 Å². The largest absolute Gasteiger partial charge is 0.462 e. The second-order valence-electron chi connectivity index (χ2n) is 7.09. The first-order valence-electron chi connectivity index (χ1n) is 9.97. The average molecular weight is 545 g/mol. The minimum atomic E-state index is -4.64. The number of esters is 1. The Hall–Kier alpha value is -3.08. The van der Waals surface area contributed by atoms with Crippen molar-refractivity contribution in [2.24, 2.45) is 0 Å². The number of nitrogens with one attached hydrogen (secondary N) is 2. The standard InChI is InChI=1S/C23H17Cl2F3N2O4S/c1-3-34-22(33)17-11(2)18(35-21(17)30-19(31)12-5-4-6-14(24)9-12)20(32)29-16-10-13(23(26,27)28)7-8-15(16)25/h4-10H,3H2,1-2H3,(H,29,32)(H,30,31). The number of benzene rings is 2. The van der Waals surface area contributed by atoms with Gasteiger partial charge >= 0.3 is 12.1 Å². The summed E-state index contributed by atoms with van der Waals surface area (Å²) in [6.45, 7) is 3.09. The monoisotopic (exact) mass is 544 g/mol. The molecule has 0 unspecified atom stereocenters. The van der Waals surface area contributed by atoms with Crippen molar-refractivity contribution in [1.82, 2.24) is 0 Å². The summed E-state index contributed by atoms with van der Waals surface area (Å²) < 4.78 is 44.3. The van der Waals surface area contributed by atoms with E-state index in [1.165, 1.54) is 19.1 Å². The molecule has 0 aliphatic carbocycles. The summed E-state index contributed by atoms with van der Waals surface area (Å²) in [4.78, 5) is 38.3. The molecule has 3 aromatic rings. The normalized spacial score (nSPS) is 11.2. The van der Waals surface area contributed by atoms with Gasteiger partial charge in [0, 0.05) is 10.6 Å². The maximum Gasteiger partial charge on any atom is 0.416 e. The molecule has 0 bridgehead atoms. The van der Waals surface area contributed by atoms with Crippen molar-refractivity contribution in [2.75, 3.05) is 17.2 Å². The quantitative estimate of drug-likeness (QED) is 0.325. The smallest absolute Gasteiger partial charge is 0.416 e. The minimum absolute atomic E-state index is 0.0251. The molecule has 0 aliphatic rings. The lowest BCUT2D eigenvalue weighted by molar-refractivity contribution is -0.137. The molecule has 1 aromatic heterocycles. The Morgan fingerprint density at radius 3 is 2.37 bits per heavy atom. The second kappa shape index (κ2) is 10.7. The highest BCUT2D eigenvalue weighted by Gasteiger charge is 2.32. The molecule has 1 heterocycles. The minimum Gasteiger partial charge on any atom is -0.462 e. The van der Waals surface area contributed by atoms with Crippen molar-refractivity contribution < 1.29 is 32.3 Å². The van der Waals surface area contributed by atoms with Crippen molar-refractivity contribution in [3.05, 3.63) is 79.6 Å². The molecule has 0 fully saturated rings. The van der Waals surface area contributed by atoms with Crippen LogP contribution < -0.4 is 10.6 Å². The lowest BCUT2D eigenvalue weighted by Gasteiger charge is -2.11. The molecule has 35 heavy (non-hydrogen) atoms. The Kier molecular flexibility index (Phi) is 8.09. The van der Waals surface area contributed by atoms with Gasteiger partial charge in [-0.15, -0.1) is 11.3 Å². The van der Waals surface area contributed by atoms with Crippen molar-refractivity contribution in [3.8, 4) is 0 Å². The van der Waals surface area contributed by atoms with E-state index in [2.05, 4.69) is 10.6 Å². The van der Waals surface area contributed by atoms with Gasteiger partial charge in [0.15, 0.2) is 0 Å². The highest BCUT2D eigenvalue weighted by molar-refractivity contribution is 7.19. The number of amides is 2. The van der Waals surface area contributed by atoms with Crippen LogP contribution in [0.1, 0.15) is 48.4 Å². The summed E-state index contributed by atoms with van der Waals surface area (Å²) in [5.41, 5.74) is -0.925. The predicted molar refractivity (Wildman–Crippen MR) is 129 cm³/mol. The Balaban J connectivity index is 1.98. The van der Waals surface area contributed by atoms with E-state index in [0.29, 0.717) is 11.1 Å². The van der Waals surface area contributed by atoms with Crippen molar-refractivity contribution in [2.45, 2.75) is 20.0 Å². The van der Waals surface area contributed by atoms with E-state index in [4.69, 9.17) is 27.9 Å². The molecule has 2 amide bonds. The number of carbonyl (C=O) groups excluding carboxylic acids is 3. The molecule has 0 saturated carbocycles. The van der Waals surface area contributed by atoms with E-state index >= 15 is 0 Å². The first-order valence-corrected chi connectivity index (χ1v) is 11.5. The highest BCUT2D eigenvalue weighted by atomic mass is 35.5. The zero-order valence-electron chi connectivity index (χ0n) is 18.2. The summed E-state index contributed by atoms with van der Waals surface area (Å²) in [6, 6.07) is 8.59. The number of rotatable bonds is 6. The first kappa shape index (κ1) is 26.5. The molecule has 0 aliphatic heterocycles. The molecule has 3 rings (SSSR count). The molecule has 6 nitrogen and oxygen atoms in total. The number of anilines is 2. The lowest BCUT2D eigenvalue weighted by Crippen LogP contribution is -2.15. The van der Waals surface area contributed by atoms with Crippen molar-refractivity contribution in [1.29, 1.82) is 0 Å². The van der Waals surface area contributed by atoms with E-state index in [0.717, 1.165) is 23.5 Å². The molecule has 12 heteroatoms. The summed E-state index contributed by atoms with van der Waals surface area (Å²) in [6.07, 6.45) is -4.64. The fourth-order valence-electron chi connectivity index (χ4n) is 3.05. The van der Waals surface area contributed by atoms with Crippen LogP contribution in [-0.2, 0) is 10.9 Å². The lowest BCUT2D eigenvalue weighted by atomic mass is 10.1. The number of thiophene rings is 1. The van der Waals surface area contributed by atoms with Crippen LogP contribution in [0.5, 0.6) is 0 Å². The topological polar surface area (TPSA) is 84.5 Å². The molecule has 184 valence electrons. The first-order chi connectivity index (χ1) is 16.4. The summed E-state index contributed by atoms with van der Waals surface area (Å²) >= 11 is 12.7. The van der Waals surface area contributed by atoms with Crippen LogP contribution in [0.15, 0.2) is 42.5 Å². The van der Waals surface area contributed by atoms with Gasteiger partial charge < -0.3 is 15.4 Å². The van der Waals surface area contributed by atoms with Crippen LogP contribution >= 0.6 is 34.5 Å². The van der Waals surface area contributed by atoms with Crippen LogP contribution in [-0.4, -0.2) is 24.4 Å². The van der Waals surface area contributed by atoms with Crippen molar-refractivity contribution in [3.63, 3.8) is 0 Å². The average Bonchev–Trinajstić information content (AvgIpc) is 3.10. The van der Waals surface area contributed by atoms with Crippen LogP contribution in [0.2, 0.25) is 10.0 Å². The molecule has 0 atom stereocenters. The Morgan fingerprint density at radius 1 is 1.03 bits per heavy atom. The van der Waals surface area contributed by atoms with E-state index in [-0.39, 0.29) is 43.9 Å². The highest BCUT2D eigenvalue weighted by Crippen LogP contribution is 2.37. The molecular formula is C23H17Cl2F3N2O4S. The summed E-state index contributed by atoms with van der Waals surface area (Å²) in [7, 11) is 0. The summed E-state index contributed by atoms with van der Waals surface area (Å²) in [5.74, 6) is -2.19. The number of carbonyl (C=O) groups is 3. The fourth-order valence-corrected chi connectivity index (χ4v) is 4.49.